The Kier molecular flexibility index (Phi) is 5.09. The van der Waals surface area contributed by atoms with Crippen molar-refractivity contribution in [3.8, 4) is 0 Å². The van der Waals surface area contributed by atoms with Crippen molar-refractivity contribution in [2.24, 2.45) is 0 Å². The van der Waals surface area contributed by atoms with E-state index in [1.54, 1.807) is 18.4 Å². The minimum absolute atomic E-state index is 0.100. The first-order chi connectivity index (χ1) is 13.2. The van der Waals surface area contributed by atoms with E-state index in [2.05, 4.69) is 22.1 Å². The van der Waals surface area contributed by atoms with Gasteiger partial charge in [-0.1, -0.05) is 6.92 Å². The van der Waals surface area contributed by atoms with Crippen LogP contribution in [0.15, 0.2) is 42.5 Å². The number of rotatable bonds is 5. The zero-order valence-electron chi connectivity index (χ0n) is 15.6. The molecule has 0 bridgehead atoms. The molecule has 6 heteroatoms. The van der Waals surface area contributed by atoms with E-state index in [1.165, 1.54) is 0 Å². The van der Waals surface area contributed by atoms with Crippen LogP contribution in [0.3, 0.4) is 0 Å². The number of carbonyl (C=O) groups is 1. The van der Waals surface area contributed by atoms with Gasteiger partial charge in [0.2, 0.25) is 0 Å². The van der Waals surface area contributed by atoms with Gasteiger partial charge in [0.15, 0.2) is 0 Å². The molecule has 0 saturated carbocycles. The van der Waals surface area contributed by atoms with E-state index >= 15 is 0 Å². The summed E-state index contributed by atoms with van der Waals surface area (Å²) >= 11 is 1.65. The van der Waals surface area contributed by atoms with Crippen molar-refractivity contribution < 1.29 is 9.53 Å². The summed E-state index contributed by atoms with van der Waals surface area (Å²) in [6.45, 7) is 4.00. The topological polar surface area (TPSA) is 54.5 Å². The Labute approximate surface area is 163 Å². The monoisotopic (exact) mass is 381 g/mol. The first-order valence-electron chi connectivity index (χ1n) is 9.25. The standard InChI is InChI=1S/C21H23N3O2S/c1-3-20-23-18-9-4-14(12-19(18)27-20)21(25)22-15-5-7-16(8-6-15)24-11-10-17(13-24)26-2/h4-9,12,17H,3,10-11,13H2,1-2H3,(H,22,25). The van der Waals surface area contributed by atoms with Gasteiger partial charge in [-0.15, -0.1) is 11.3 Å². The van der Waals surface area contributed by atoms with E-state index in [0.29, 0.717) is 11.7 Å². The van der Waals surface area contributed by atoms with Crippen LogP contribution in [0.5, 0.6) is 0 Å². The van der Waals surface area contributed by atoms with Gasteiger partial charge in [-0.05, 0) is 55.3 Å². The predicted molar refractivity (Wildman–Crippen MR) is 111 cm³/mol. The number of nitrogens with zero attached hydrogens (tertiary/aromatic N) is 2. The molecule has 1 atom stereocenters. The van der Waals surface area contributed by atoms with Crippen LogP contribution >= 0.6 is 11.3 Å². The third-order valence-corrected chi connectivity index (χ3v) is 6.13. The summed E-state index contributed by atoms with van der Waals surface area (Å²) in [4.78, 5) is 19.5. The molecule has 27 heavy (non-hydrogen) atoms. The zero-order valence-corrected chi connectivity index (χ0v) is 16.4. The molecule has 1 saturated heterocycles. The van der Waals surface area contributed by atoms with E-state index < -0.39 is 0 Å². The molecule has 1 aromatic heterocycles. The molecule has 1 N–H and O–H groups in total. The molecule has 1 amide bonds. The molecule has 2 heterocycles. The Morgan fingerprint density at radius 1 is 1.30 bits per heavy atom. The molecule has 1 aliphatic heterocycles. The number of anilines is 2. The smallest absolute Gasteiger partial charge is 0.255 e. The third kappa shape index (κ3) is 3.82. The second-order valence-corrected chi connectivity index (χ2v) is 7.85. The summed E-state index contributed by atoms with van der Waals surface area (Å²) < 4.78 is 6.48. The van der Waals surface area contributed by atoms with E-state index in [0.717, 1.165) is 52.5 Å². The van der Waals surface area contributed by atoms with Crippen LogP contribution in [-0.2, 0) is 11.2 Å². The number of nitrogens with one attached hydrogen (secondary N) is 1. The number of amides is 1. The quantitative estimate of drug-likeness (QED) is 0.714. The maximum Gasteiger partial charge on any atom is 0.255 e. The lowest BCUT2D eigenvalue weighted by Crippen LogP contribution is -2.22. The van der Waals surface area contributed by atoms with Crippen LogP contribution in [0.25, 0.3) is 10.2 Å². The first-order valence-corrected chi connectivity index (χ1v) is 10.1. The van der Waals surface area contributed by atoms with Crippen molar-refractivity contribution in [2.75, 3.05) is 30.4 Å². The van der Waals surface area contributed by atoms with E-state index in [9.17, 15) is 4.79 Å². The average Bonchev–Trinajstić information content (AvgIpc) is 3.34. The summed E-state index contributed by atoms with van der Waals surface area (Å²) in [6, 6.07) is 13.7. The number of fused-ring (bicyclic) bond motifs is 1. The van der Waals surface area contributed by atoms with Crippen molar-refractivity contribution in [1.29, 1.82) is 0 Å². The first kappa shape index (κ1) is 17.9. The van der Waals surface area contributed by atoms with Crippen LogP contribution in [0.4, 0.5) is 11.4 Å². The maximum absolute atomic E-state index is 12.6. The zero-order chi connectivity index (χ0) is 18.8. The largest absolute Gasteiger partial charge is 0.380 e. The number of aromatic nitrogens is 1. The molecule has 3 aromatic rings. The lowest BCUT2D eigenvalue weighted by molar-refractivity contribution is 0.102. The SMILES string of the molecule is CCc1nc2ccc(C(=O)Nc3ccc(N4CCC(OC)C4)cc3)cc2s1. The molecule has 4 rings (SSSR count). The molecule has 0 aliphatic carbocycles. The average molecular weight is 382 g/mol. The maximum atomic E-state index is 12.6. The Hall–Kier alpha value is -2.44. The fourth-order valence-electron chi connectivity index (χ4n) is 3.38. The summed E-state index contributed by atoms with van der Waals surface area (Å²) in [5, 5.41) is 4.08. The van der Waals surface area contributed by atoms with Crippen LogP contribution in [-0.4, -0.2) is 37.2 Å². The van der Waals surface area contributed by atoms with Crippen LogP contribution in [0.2, 0.25) is 0 Å². The van der Waals surface area contributed by atoms with E-state index in [4.69, 9.17) is 4.74 Å². The summed E-state index contributed by atoms with van der Waals surface area (Å²) in [6.07, 6.45) is 2.27. The van der Waals surface area contributed by atoms with Gasteiger partial charge >= 0.3 is 0 Å². The second kappa shape index (κ2) is 7.66. The van der Waals surface area contributed by atoms with Crippen molar-refractivity contribution in [1.82, 2.24) is 4.98 Å². The Morgan fingerprint density at radius 2 is 2.11 bits per heavy atom. The van der Waals surface area contributed by atoms with Crippen LogP contribution in [0.1, 0.15) is 28.7 Å². The van der Waals surface area contributed by atoms with Crippen molar-refractivity contribution in [3.63, 3.8) is 0 Å². The highest BCUT2D eigenvalue weighted by molar-refractivity contribution is 7.18. The number of methoxy groups -OCH3 is 1. The minimum Gasteiger partial charge on any atom is -0.380 e. The lowest BCUT2D eigenvalue weighted by Gasteiger charge is -2.18. The van der Waals surface area contributed by atoms with Gasteiger partial charge in [-0.3, -0.25) is 4.79 Å². The highest BCUT2D eigenvalue weighted by Gasteiger charge is 2.22. The van der Waals surface area contributed by atoms with Crippen molar-refractivity contribution in [3.05, 3.63) is 53.0 Å². The van der Waals surface area contributed by atoms with Gasteiger partial charge < -0.3 is 15.0 Å². The molecule has 1 aliphatic rings. The number of hydrogen-bond donors (Lipinski definition) is 1. The van der Waals surface area contributed by atoms with Crippen molar-refractivity contribution >= 4 is 38.8 Å². The number of carbonyl (C=O) groups excluding carboxylic acids is 1. The highest BCUT2D eigenvalue weighted by atomic mass is 32.1. The molecule has 2 aromatic carbocycles. The Bertz CT molecular complexity index is 952. The predicted octanol–water partition coefficient (Wildman–Crippen LogP) is 4.34. The molecular weight excluding hydrogens is 358 g/mol. The summed E-state index contributed by atoms with van der Waals surface area (Å²) in [7, 11) is 1.76. The van der Waals surface area contributed by atoms with Gasteiger partial charge in [-0.2, -0.15) is 0 Å². The van der Waals surface area contributed by atoms with Gasteiger partial charge in [0.05, 0.1) is 21.3 Å². The normalized spacial score (nSPS) is 16.8. The number of aryl methyl sites for hydroxylation is 1. The lowest BCUT2D eigenvalue weighted by atomic mass is 10.2. The molecule has 140 valence electrons. The van der Waals surface area contributed by atoms with Crippen molar-refractivity contribution in [2.45, 2.75) is 25.9 Å². The Balaban J connectivity index is 1.45. The minimum atomic E-state index is -0.100. The van der Waals surface area contributed by atoms with Gasteiger partial charge in [0.25, 0.3) is 5.91 Å². The van der Waals surface area contributed by atoms with Crippen LogP contribution < -0.4 is 10.2 Å². The summed E-state index contributed by atoms with van der Waals surface area (Å²) in [5.41, 5.74) is 3.56. The van der Waals surface area contributed by atoms with E-state index in [1.807, 2.05) is 42.5 Å². The Morgan fingerprint density at radius 3 is 2.81 bits per heavy atom. The fourth-order valence-corrected chi connectivity index (χ4v) is 4.33. The number of thiazole rings is 1. The molecule has 5 nitrogen and oxygen atoms in total. The molecule has 1 fully saturated rings. The number of ether oxygens (including phenoxy) is 1. The molecule has 0 radical (unpaired) electrons. The van der Waals surface area contributed by atoms with Gasteiger partial charge in [0.1, 0.15) is 0 Å². The second-order valence-electron chi connectivity index (χ2n) is 6.74. The van der Waals surface area contributed by atoms with Gasteiger partial charge in [0, 0.05) is 37.1 Å². The molecular formula is C21H23N3O2S. The highest BCUT2D eigenvalue weighted by Crippen LogP contribution is 2.25. The number of hydrogen-bond acceptors (Lipinski definition) is 5. The molecule has 1 unspecified atom stereocenters. The third-order valence-electron chi connectivity index (χ3n) is 4.97. The molecule has 0 spiro atoms. The number of benzene rings is 2. The summed E-state index contributed by atoms with van der Waals surface area (Å²) in [5.74, 6) is -0.100. The van der Waals surface area contributed by atoms with Gasteiger partial charge in [-0.25, -0.2) is 4.98 Å². The van der Waals surface area contributed by atoms with E-state index in [-0.39, 0.29) is 5.91 Å². The fraction of sp³-hybridized carbons (Fsp3) is 0.333. The van der Waals surface area contributed by atoms with Crippen LogP contribution in [0, 0.1) is 0 Å².